The van der Waals surface area contributed by atoms with Crippen molar-refractivity contribution in [2.45, 2.75) is 6.54 Å². The summed E-state index contributed by atoms with van der Waals surface area (Å²) in [4.78, 5) is 10.1. The Hall–Kier alpha value is -1.92. The summed E-state index contributed by atoms with van der Waals surface area (Å²) in [6.07, 6.45) is 1.79. The molecule has 0 aliphatic heterocycles. The third kappa shape index (κ3) is 2.02. The van der Waals surface area contributed by atoms with Crippen LogP contribution in [0.4, 0.5) is 5.95 Å². The van der Waals surface area contributed by atoms with Crippen LogP contribution in [0.2, 0.25) is 0 Å². The highest BCUT2D eigenvalue weighted by atomic mass is 79.9. The summed E-state index contributed by atoms with van der Waals surface area (Å²) in [6, 6.07) is 10.1. The molecule has 1 aromatic carbocycles. The van der Waals surface area contributed by atoms with Gasteiger partial charge in [-0.15, -0.1) is 11.3 Å². The molecule has 0 aliphatic rings. The number of imidazole rings is 1. The van der Waals surface area contributed by atoms with E-state index >= 15 is 0 Å². The Morgan fingerprint density at radius 2 is 2.05 bits per heavy atom. The standard InChI is InChI=1S/C15H11BrN4S/c16-10-5-6-21-13(10)8-20-14-9-3-1-2-4-11(9)18-7-12(14)19-15(20)17/h1-7H,8H2,(H2,17,19). The van der Waals surface area contributed by atoms with Gasteiger partial charge >= 0.3 is 0 Å². The number of nitrogens with two attached hydrogens (primary N) is 1. The number of thiophene rings is 1. The van der Waals surface area contributed by atoms with Gasteiger partial charge in [-0.3, -0.25) is 4.98 Å². The molecular weight excluding hydrogens is 348 g/mol. The van der Waals surface area contributed by atoms with E-state index in [1.807, 2.05) is 18.2 Å². The smallest absolute Gasteiger partial charge is 0.201 e. The molecule has 0 saturated carbocycles. The number of nitrogens with zero attached hydrogens (tertiary/aromatic N) is 3. The maximum Gasteiger partial charge on any atom is 0.201 e. The summed E-state index contributed by atoms with van der Waals surface area (Å²) < 4.78 is 3.16. The Labute approximate surface area is 133 Å². The molecule has 0 unspecified atom stereocenters. The van der Waals surface area contributed by atoms with Gasteiger partial charge < -0.3 is 10.3 Å². The lowest BCUT2D eigenvalue weighted by molar-refractivity contribution is 0.852. The van der Waals surface area contributed by atoms with Crippen LogP contribution in [0.25, 0.3) is 21.9 Å². The van der Waals surface area contributed by atoms with E-state index in [9.17, 15) is 0 Å². The molecular formula is C15H11BrN4S. The lowest BCUT2D eigenvalue weighted by atomic mass is 10.2. The van der Waals surface area contributed by atoms with Crippen LogP contribution in [0.15, 0.2) is 46.4 Å². The quantitative estimate of drug-likeness (QED) is 0.588. The average molecular weight is 359 g/mol. The molecule has 0 amide bonds. The highest BCUT2D eigenvalue weighted by molar-refractivity contribution is 9.10. The number of nitrogen functional groups attached to an aromatic ring is 1. The van der Waals surface area contributed by atoms with Crippen molar-refractivity contribution in [2.75, 3.05) is 5.73 Å². The third-order valence-electron chi connectivity index (χ3n) is 3.50. The van der Waals surface area contributed by atoms with Crippen LogP contribution in [0.5, 0.6) is 0 Å². The van der Waals surface area contributed by atoms with Gasteiger partial charge in [-0.25, -0.2) is 4.98 Å². The normalized spacial score (nSPS) is 11.5. The minimum absolute atomic E-state index is 0.517. The van der Waals surface area contributed by atoms with Gasteiger partial charge in [-0.05, 0) is 33.4 Å². The van der Waals surface area contributed by atoms with Crippen LogP contribution in [0, 0.1) is 0 Å². The summed E-state index contributed by atoms with van der Waals surface area (Å²) in [5, 5.41) is 3.14. The fraction of sp³-hybridized carbons (Fsp3) is 0.0667. The number of aromatic nitrogens is 3. The monoisotopic (exact) mass is 358 g/mol. The molecule has 3 heterocycles. The van der Waals surface area contributed by atoms with E-state index in [-0.39, 0.29) is 0 Å². The molecule has 4 aromatic rings. The molecule has 21 heavy (non-hydrogen) atoms. The van der Waals surface area contributed by atoms with Crippen LogP contribution in [-0.4, -0.2) is 14.5 Å². The molecule has 3 aromatic heterocycles. The van der Waals surface area contributed by atoms with Crippen molar-refractivity contribution < 1.29 is 0 Å². The first-order valence-electron chi connectivity index (χ1n) is 6.45. The predicted octanol–water partition coefficient (Wildman–Crippen LogP) is 4.04. The van der Waals surface area contributed by atoms with Crippen molar-refractivity contribution in [2.24, 2.45) is 0 Å². The first-order valence-corrected chi connectivity index (χ1v) is 8.12. The van der Waals surface area contributed by atoms with Gasteiger partial charge in [-0.2, -0.15) is 0 Å². The second-order valence-electron chi connectivity index (χ2n) is 4.76. The van der Waals surface area contributed by atoms with Crippen LogP contribution in [0.3, 0.4) is 0 Å². The maximum atomic E-state index is 6.12. The van der Waals surface area contributed by atoms with Crippen LogP contribution >= 0.6 is 27.3 Å². The number of benzene rings is 1. The molecule has 0 atom stereocenters. The molecule has 104 valence electrons. The minimum atomic E-state index is 0.517. The van der Waals surface area contributed by atoms with Crippen molar-refractivity contribution in [1.82, 2.24) is 14.5 Å². The zero-order chi connectivity index (χ0) is 14.4. The number of hydrogen-bond acceptors (Lipinski definition) is 4. The summed E-state index contributed by atoms with van der Waals surface area (Å²) in [5.74, 6) is 0.517. The van der Waals surface area contributed by atoms with E-state index < -0.39 is 0 Å². The van der Waals surface area contributed by atoms with E-state index in [2.05, 4.69) is 48.0 Å². The zero-order valence-electron chi connectivity index (χ0n) is 11.0. The fourth-order valence-corrected chi connectivity index (χ4v) is 3.99. The Balaban J connectivity index is 2.01. The Kier molecular flexibility index (Phi) is 2.94. The molecule has 0 aliphatic carbocycles. The summed E-state index contributed by atoms with van der Waals surface area (Å²) in [5.41, 5.74) is 8.95. The van der Waals surface area contributed by atoms with E-state index in [1.54, 1.807) is 17.5 Å². The molecule has 0 spiro atoms. The zero-order valence-corrected chi connectivity index (χ0v) is 13.4. The third-order valence-corrected chi connectivity index (χ3v) is 5.41. The number of rotatable bonds is 2. The van der Waals surface area contributed by atoms with E-state index in [1.165, 1.54) is 4.88 Å². The lowest BCUT2D eigenvalue weighted by Gasteiger charge is -2.07. The van der Waals surface area contributed by atoms with Crippen molar-refractivity contribution >= 4 is 55.2 Å². The van der Waals surface area contributed by atoms with Crippen molar-refractivity contribution in [3.63, 3.8) is 0 Å². The first kappa shape index (κ1) is 12.8. The van der Waals surface area contributed by atoms with Gasteiger partial charge in [0.15, 0.2) is 0 Å². The molecule has 0 saturated heterocycles. The second kappa shape index (κ2) is 4.82. The minimum Gasteiger partial charge on any atom is -0.369 e. The van der Waals surface area contributed by atoms with Gasteiger partial charge in [-0.1, -0.05) is 18.2 Å². The molecule has 2 N–H and O–H groups in total. The van der Waals surface area contributed by atoms with Crippen molar-refractivity contribution in [1.29, 1.82) is 0 Å². The highest BCUT2D eigenvalue weighted by Gasteiger charge is 2.14. The number of anilines is 1. The fourth-order valence-electron chi connectivity index (χ4n) is 2.52. The molecule has 6 heteroatoms. The van der Waals surface area contributed by atoms with Crippen LogP contribution in [0.1, 0.15) is 4.88 Å². The molecule has 0 fully saturated rings. The Morgan fingerprint density at radius 1 is 1.19 bits per heavy atom. The predicted molar refractivity (Wildman–Crippen MR) is 90.6 cm³/mol. The molecule has 0 radical (unpaired) electrons. The molecule has 4 nitrogen and oxygen atoms in total. The molecule has 4 rings (SSSR count). The number of fused-ring (bicyclic) bond motifs is 3. The van der Waals surface area contributed by atoms with E-state index in [0.717, 1.165) is 26.4 Å². The SMILES string of the molecule is Nc1nc2cnc3ccccc3c2n1Cc1sccc1Br. The summed E-state index contributed by atoms with van der Waals surface area (Å²) in [7, 11) is 0. The lowest BCUT2D eigenvalue weighted by Crippen LogP contribution is -2.04. The number of halogens is 1. The highest BCUT2D eigenvalue weighted by Crippen LogP contribution is 2.29. The average Bonchev–Trinajstić information content (AvgIpc) is 3.04. The first-order chi connectivity index (χ1) is 10.2. The van der Waals surface area contributed by atoms with Gasteiger partial charge in [0.2, 0.25) is 5.95 Å². The number of para-hydroxylation sites is 1. The van der Waals surface area contributed by atoms with Gasteiger partial charge in [0.25, 0.3) is 0 Å². The van der Waals surface area contributed by atoms with Crippen LogP contribution < -0.4 is 5.73 Å². The summed E-state index contributed by atoms with van der Waals surface area (Å²) in [6.45, 7) is 0.703. The van der Waals surface area contributed by atoms with Crippen molar-refractivity contribution in [3.8, 4) is 0 Å². The van der Waals surface area contributed by atoms with E-state index in [4.69, 9.17) is 5.73 Å². The Bertz CT molecular complexity index is 957. The number of hydrogen-bond donors (Lipinski definition) is 1. The summed E-state index contributed by atoms with van der Waals surface area (Å²) >= 11 is 5.28. The van der Waals surface area contributed by atoms with E-state index in [0.29, 0.717) is 12.5 Å². The van der Waals surface area contributed by atoms with Crippen molar-refractivity contribution in [3.05, 3.63) is 51.3 Å². The topological polar surface area (TPSA) is 56.7 Å². The molecule has 0 bridgehead atoms. The van der Waals surface area contributed by atoms with Gasteiger partial charge in [0.05, 0.1) is 23.8 Å². The largest absolute Gasteiger partial charge is 0.369 e. The van der Waals surface area contributed by atoms with Gasteiger partial charge in [0.1, 0.15) is 5.52 Å². The van der Waals surface area contributed by atoms with Gasteiger partial charge in [0, 0.05) is 14.7 Å². The maximum absolute atomic E-state index is 6.12. The van der Waals surface area contributed by atoms with Crippen LogP contribution in [-0.2, 0) is 6.54 Å². The number of pyridine rings is 1. The Morgan fingerprint density at radius 3 is 2.86 bits per heavy atom. The second-order valence-corrected chi connectivity index (χ2v) is 6.61.